The molecule has 7 nitrogen and oxygen atoms in total. The van der Waals surface area contributed by atoms with Gasteiger partial charge in [-0.05, 0) is 43.2 Å². The van der Waals surface area contributed by atoms with Crippen LogP contribution in [0.4, 0.5) is 24.5 Å². The van der Waals surface area contributed by atoms with E-state index in [-0.39, 0.29) is 35.4 Å². The molecule has 0 spiro atoms. The summed E-state index contributed by atoms with van der Waals surface area (Å²) in [4.78, 5) is 23.9. The molecule has 3 rings (SSSR count). The monoisotopic (exact) mass is 433 g/mol. The molecular formula is C21H18F3N3O4. The molecule has 0 aromatic heterocycles. The third kappa shape index (κ3) is 6.92. The number of rotatable bonds is 8. The molecule has 1 saturated carbocycles. The highest BCUT2D eigenvalue weighted by Gasteiger charge is 2.30. The summed E-state index contributed by atoms with van der Waals surface area (Å²) in [6.45, 7) is -1.88. The SMILES string of the molecule is N#Cc1cc(NC(=O)COc2cccc(NC(=O)C3CC3)c2)ccc1OCC(F)(F)F. The molecule has 10 heteroatoms. The van der Waals surface area contributed by atoms with Crippen LogP contribution in [-0.2, 0) is 9.59 Å². The lowest BCUT2D eigenvalue weighted by Gasteiger charge is -2.12. The average Bonchev–Trinajstić information content (AvgIpc) is 3.56. The molecule has 1 aliphatic carbocycles. The summed E-state index contributed by atoms with van der Waals surface area (Å²) in [6.07, 6.45) is -2.77. The van der Waals surface area contributed by atoms with Crippen molar-refractivity contribution >= 4 is 23.2 Å². The van der Waals surface area contributed by atoms with Crippen molar-refractivity contribution in [3.63, 3.8) is 0 Å². The molecule has 1 fully saturated rings. The zero-order chi connectivity index (χ0) is 22.4. The van der Waals surface area contributed by atoms with Crippen molar-refractivity contribution in [2.24, 2.45) is 5.92 Å². The number of halogens is 3. The van der Waals surface area contributed by atoms with Crippen LogP contribution in [0, 0.1) is 17.2 Å². The van der Waals surface area contributed by atoms with Crippen LogP contribution in [0.2, 0.25) is 0 Å². The Bertz CT molecular complexity index is 1010. The maximum atomic E-state index is 12.3. The standard InChI is InChI=1S/C21H18F3N3O4/c22-21(23,24)12-31-18-7-6-16(8-14(18)10-25)26-19(28)11-30-17-3-1-2-15(9-17)27-20(29)13-4-5-13/h1-3,6-9,13H,4-5,11-12H2,(H,26,28)(H,27,29). The highest BCUT2D eigenvalue weighted by Crippen LogP contribution is 2.30. The van der Waals surface area contributed by atoms with E-state index in [0.717, 1.165) is 12.8 Å². The van der Waals surface area contributed by atoms with E-state index in [0.29, 0.717) is 11.4 Å². The van der Waals surface area contributed by atoms with E-state index < -0.39 is 18.7 Å². The van der Waals surface area contributed by atoms with Crippen molar-refractivity contribution in [3.05, 3.63) is 48.0 Å². The summed E-state index contributed by atoms with van der Waals surface area (Å²) in [7, 11) is 0. The van der Waals surface area contributed by atoms with Crippen LogP contribution in [0.15, 0.2) is 42.5 Å². The molecule has 0 aliphatic heterocycles. The van der Waals surface area contributed by atoms with Crippen molar-refractivity contribution < 1.29 is 32.2 Å². The molecular weight excluding hydrogens is 415 g/mol. The number of benzene rings is 2. The molecule has 0 saturated heterocycles. The van der Waals surface area contributed by atoms with Crippen molar-refractivity contribution in [1.29, 1.82) is 5.26 Å². The topological polar surface area (TPSA) is 100 Å². The lowest BCUT2D eigenvalue weighted by atomic mass is 10.2. The average molecular weight is 433 g/mol. The van der Waals surface area contributed by atoms with E-state index in [9.17, 15) is 22.8 Å². The minimum Gasteiger partial charge on any atom is -0.484 e. The Morgan fingerprint density at radius 1 is 1.06 bits per heavy atom. The molecule has 1 aliphatic rings. The fourth-order valence-corrected chi connectivity index (χ4v) is 2.58. The van der Waals surface area contributed by atoms with Crippen molar-refractivity contribution in [1.82, 2.24) is 0 Å². The first kappa shape index (κ1) is 22.0. The third-order valence-electron chi connectivity index (χ3n) is 4.19. The van der Waals surface area contributed by atoms with Gasteiger partial charge in [-0.25, -0.2) is 0 Å². The summed E-state index contributed by atoms with van der Waals surface area (Å²) in [6, 6.07) is 12.0. The Morgan fingerprint density at radius 3 is 2.48 bits per heavy atom. The van der Waals surface area contributed by atoms with Gasteiger partial charge in [0.2, 0.25) is 5.91 Å². The molecule has 0 heterocycles. The van der Waals surface area contributed by atoms with Crippen LogP contribution in [-0.4, -0.2) is 31.2 Å². The van der Waals surface area contributed by atoms with Crippen LogP contribution < -0.4 is 20.1 Å². The number of ether oxygens (including phenoxy) is 2. The van der Waals surface area contributed by atoms with E-state index in [2.05, 4.69) is 15.4 Å². The predicted octanol–water partition coefficient (Wildman–Crippen LogP) is 3.87. The van der Waals surface area contributed by atoms with Crippen molar-refractivity contribution in [2.75, 3.05) is 23.8 Å². The predicted molar refractivity (Wildman–Crippen MR) is 105 cm³/mol. The third-order valence-corrected chi connectivity index (χ3v) is 4.19. The first-order chi connectivity index (χ1) is 14.7. The number of carbonyl (C=O) groups excluding carboxylic acids is 2. The van der Waals surface area contributed by atoms with Gasteiger partial charge in [0.15, 0.2) is 13.2 Å². The van der Waals surface area contributed by atoms with Gasteiger partial charge in [-0.2, -0.15) is 18.4 Å². The fraction of sp³-hybridized carbons (Fsp3) is 0.286. The van der Waals surface area contributed by atoms with Crippen molar-refractivity contribution in [3.8, 4) is 17.6 Å². The summed E-state index contributed by atoms with van der Waals surface area (Å²) in [5.74, 6) is -0.401. The number of carbonyl (C=O) groups is 2. The number of alkyl halides is 3. The molecule has 0 unspecified atom stereocenters. The maximum absolute atomic E-state index is 12.3. The first-order valence-corrected chi connectivity index (χ1v) is 9.31. The van der Waals surface area contributed by atoms with Gasteiger partial charge in [-0.1, -0.05) is 6.07 Å². The fourth-order valence-electron chi connectivity index (χ4n) is 2.58. The minimum absolute atomic E-state index is 0.0501. The molecule has 2 aromatic carbocycles. The number of hydrogen-bond donors (Lipinski definition) is 2. The number of nitrogens with one attached hydrogen (secondary N) is 2. The second kappa shape index (κ2) is 9.38. The summed E-state index contributed by atoms with van der Waals surface area (Å²) in [5.41, 5.74) is 0.611. The Labute approximate surface area is 175 Å². The van der Waals surface area contributed by atoms with Crippen LogP contribution in [0.1, 0.15) is 18.4 Å². The van der Waals surface area contributed by atoms with E-state index in [1.165, 1.54) is 18.2 Å². The molecule has 0 bridgehead atoms. The lowest BCUT2D eigenvalue weighted by Crippen LogP contribution is -2.21. The number of nitrogens with zero attached hydrogens (tertiary/aromatic N) is 1. The molecule has 2 N–H and O–H groups in total. The number of amides is 2. The van der Waals surface area contributed by atoms with Crippen LogP contribution in [0.5, 0.6) is 11.5 Å². The number of nitriles is 1. The quantitative estimate of drug-likeness (QED) is 0.658. The zero-order valence-electron chi connectivity index (χ0n) is 16.2. The zero-order valence-corrected chi connectivity index (χ0v) is 16.2. The molecule has 0 atom stereocenters. The molecule has 2 amide bonds. The number of hydrogen-bond acceptors (Lipinski definition) is 5. The largest absolute Gasteiger partial charge is 0.484 e. The van der Waals surface area contributed by atoms with Gasteiger partial charge in [0, 0.05) is 23.4 Å². The van der Waals surface area contributed by atoms with Crippen LogP contribution >= 0.6 is 0 Å². The van der Waals surface area contributed by atoms with E-state index in [1.54, 1.807) is 30.3 Å². The Kier molecular flexibility index (Phi) is 6.65. The Hall–Kier alpha value is -3.74. The van der Waals surface area contributed by atoms with E-state index in [1.807, 2.05) is 0 Å². The van der Waals surface area contributed by atoms with Crippen LogP contribution in [0.3, 0.4) is 0 Å². The molecule has 0 radical (unpaired) electrons. The van der Waals surface area contributed by atoms with E-state index >= 15 is 0 Å². The Balaban J connectivity index is 1.53. The van der Waals surface area contributed by atoms with Gasteiger partial charge in [-0.3, -0.25) is 9.59 Å². The van der Waals surface area contributed by atoms with Gasteiger partial charge in [-0.15, -0.1) is 0 Å². The summed E-state index contributed by atoms with van der Waals surface area (Å²) >= 11 is 0. The second-order valence-electron chi connectivity index (χ2n) is 6.85. The highest BCUT2D eigenvalue weighted by molar-refractivity contribution is 5.94. The van der Waals surface area contributed by atoms with E-state index in [4.69, 9.17) is 10.00 Å². The maximum Gasteiger partial charge on any atom is 0.422 e. The number of anilines is 2. The lowest BCUT2D eigenvalue weighted by molar-refractivity contribution is -0.153. The Morgan fingerprint density at radius 2 is 1.81 bits per heavy atom. The molecule has 31 heavy (non-hydrogen) atoms. The van der Waals surface area contributed by atoms with Crippen molar-refractivity contribution in [2.45, 2.75) is 19.0 Å². The molecule has 162 valence electrons. The normalized spacial score (nSPS) is 13.1. The van der Waals surface area contributed by atoms with Gasteiger partial charge in [0.25, 0.3) is 5.91 Å². The first-order valence-electron chi connectivity index (χ1n) is 9.31. The highest BCUT2D eigenvalue weighted by atomic mass is 19.4. The summed E-state index contributed by atoms with van der Waals surface area (Å²) in [5, 5.41) is 14.4. The second-order valence-corrected chi connectivity index (χ2v) is 6.85. The van der Waals surface area contributed by atoms with Gasteiger partial charge >= 0.3 is 6.18 Å². The molecule has 2 aromatic rings. The minimum atomic E-state index is -4.53. The van der Waals surface area contributed by atoms with Gasteiger partial charge in [0.1, 0.15) is 17.6 Å². The van der Waals surface area contributed by atoms with Gasteiger partial charge < -0.3 is 20.1 Å². The van der Waals surface area contributed by atoms with Crippen LogP contribution in [0.25, 0.3) is 0 Å². The smallest absolute Gasteiger partial charge is 0.422 e. The van der Waals surface area contributed by atoms with Gasteiger partial charge in [0.05, 0.1) is 5.56 Å². The summed E-state index contributed by atoms with van der Waals surface area (Å²) < 4.78 is 46.9.